The van der Waals surface area contributed by atoms with Crippen molar-refractivity contribution in [2.75, 3.05) is 26.2 Å². The SMILES string of the molecule is C1=CC(/C=C(/C2=[N+]3CCN2CC3)C2C=CC=C2)C=C1. The van der Waals surface area contributed by atoms with Crippen LogP contribution in [-0.4, -0.2) is 41.5 Å². The quantitative estimate of drug-likeness (QED) is 0.697. The zero-order chi connectivity index (χ0) is 12.7. The second-order valence-electron chi connectivity index (χ2n) is 5.56. The third kappa shape index (κ3) is 1.83. The van der Waals surface area contributed by atoms with E-state index in [1.165, 1.54) is 37.6 Å². The van der Waals surface area contributed by atoms with Crippen LogP contribution in [0.5, 0.6) is 0 Å². The van der Waals surface area contributed by atoms with Crippen LogP contribution in [0.2, 0.25) is 0 Å². The highest BCUT2D eigenvalue weighted by Gasteiger charge is 2.40. The van der Waals surface area contributed by atoms with Crippen LogP contribution in [0.3, 0.4) is 0 Å². The Hall–Kier alpha value is -1.83. The average molecular weight is 251 g/mol. The molecule has 2 heteroatoms. The van der Waals surface area contributed by atoms with E-state index in [2.05, 4.69) is 64.2 Å². The van der Waals surface area contributed by atoms with Crippen molar-refractivity contribution in [3.63, 3.8) is 0 Å². The highest BCUT2D eigenvalue weighted by atomic mass is 15.4. The molecule has 0 aromatic heterocycles. The van der Waals surface area contributed by atoms with Crippen molar-refractivity contribution in [3.05, 3.63) is 60.3 Å². The Balaban J connectivity index is 1.74. The average Bonchev–Trinajstić information content (AvgIpc) is 3.21. The lowest BCUT2D eigenvalue weighted by Crippen LogP contribution is -2.30. The van der Waals surface area contributed by atoms with Gasteiger partial charge in [0.1, 0.15) is 26.2 Å². The van der Waals surface area contributed by atoms with Crippen molar-refractivity contribution in [2.24, 2.45) is 11.8 Å². The van der Waals surface area contributed by atoms with Gasteiger partial charge in [-0.25, -0.2) is 0 Å². The summed E-state index contributed by atoms with van der Waals surface area (Å²) in [5.74, 6) is 2.40. The molecule has 2 aliphatic heterocycles. The topological polar surface area (TPSA) is 6.25 Å². The summed E-state index contributed by atoms with van der Waals surface area (Å²) in [6.07, 6.45) is 20.2. The second kappa shape index (κ2) is 4.37. The summed E-state index contributed by atoms with van der Waals surface area (Å²) < 4.78 is 2.55. The molecule has 0 unspecified atom stereocenters. The zero-order valence-corrected chi connectivity index (χ0v) is 11.1. The van der Waals surface area contributed by atoms with E-state index in [0.717, 1.165) is 0 Å². The lowest BCUT2D eigenvalue weighted by atomic mass is 9.95. The molecule has 19 heavy (non-hydrogen) atoms. The molecule has 2 aliphatic carbocycles. The van der Waals surface area contributed by atoms with Crippen molar-refractivity contribution in [1.82, 2.24) is 4.90 Å². The predicted molar refractivity (Wildman–Crippen MR) is 78.2 cm³/mol. The normalized spacial score (nSPS) is 25.9. The molecule has 2 heterocycles. The van der Waals surface area contributed by atoms with Gasteiger partial charge in [0, 0.05) is 17.4 Å². The minimum Gasteiger partial charge on any atom is -0.254 e. The van der Waals surface area contributed by atoms with Gasteiger partial charge >= 0.3 is 0 Å². The molecule has 4 rings (SSSR count). The minimum absolute atomic E-state index is 0.457. The second-order valence-corrected chi connectivity index (χ2v) is 5.56. The number of rotatable bonds is 3. The van der Waals surface area contributed by atoms with Gasteiger partial charge in [0.25, 0.3) is 5.84 Å². The smallest absolute Gasteiger partial charge is 0.254 e. The Morgan fingerprint density at radius 2 is 1.63 bits per heavy atom. The van der Waals surface area contributed by atoms with E-state index in [-0.39, 0.29) is 0 Å². The molecule has 0 amide bonds. The third-order valence-corrected chi connectivity index (χ3v) is 4.39. The van der Waals surface area contributed by atoms with Crippen LogP contribution in [0.1, 0.15) is 0 Å². The zero-order valence-electron chi connectivity index (χ0n) is 11.1. The van der Waals surface area contributed by atoms with E-state index in [1.807, 2.05) is 0 Å². The Kier molecular flexibility index (Phi) is 2.54. The summed E-state index contributed by atoms with van der Waals surface area (Å²) in [4.78, 5) is 2.55. The van der Waals surface area contributed by atoms with Crippen LogP contribution < -0.4 is 0 Å². The summed E-state index contributed by atoms with van der Waals surface area (Å²) in [6.45, 7) is 4.79. The number of hydrogen-bond acceptors (Lipinski definition) is 1. The Morgan fingerprint density at radius 1 is 1.00 bits per heavy atom. The van der Waals surface area contributed by atoms with E-state index in [1.54, 1.807) is 0 Å². The highest BCUT2D eigenvalue weighted by molar-refractivity contribution is 5.97. The first-order chi connectivity index (χ1) is 9.42. The predicted octanol–water partition coefficient (Wildman–Crippen LogP) is 2.14. The van der Waals surface area contributed by atoms with E-state index < -0.39 is 0 Å². The van der Waals surface area contributed by atoms with Crippen LogP contribution in [0.25, 0.3) is 0 Å². The lowest BCUT2D eigenvalue weighted by molar-refractivity contribution is -0.514. The first-order valence-corrected chi connectivity index (χ1v) is 7.21. The molecule has 0 radical (unpaired) electrons. The van der Waals surface area contributed by atoms with Crippen LogP contribution in [0, 0.1) is 11.8 Å². The molecular weight excluding hydrogens is 232 g/mol. The molecule has 0 aromatic carbocycles. The Labute approximate surface area is 114 Å². The van der Waals surface area contributed by atoms with E-state index in [0.29, 0.717) is 11.8 Å². The van der Waals surface area contributed by atoms with Crippen LogP contribution in [0.15, 0.2) is 60.3 Å². The third-order valence-electron chi connectivity index (χ3n) is 4.39. The summed E-state index contributed by atoms with van der Waals surface area (Å²) in [6, 6.07) is 0. The fourth-order valence-electron chi connectivity index (χ4n) is 3.44. The summed E-state index contributed by atoms with van der Waals surface area (Å²) >= 11 is 0. The van der Waals surface area contributed by atoms with Crippen molar-refractivity contribution in [2.45, 2.75) is 0 Å². The summed E-state index contributed by atoms with van der Waals surface area (Å²) in [5, 5.41) is 0. The van der Waals surface area contributed by atoms with Gasteiger partial charge in [-0.15, -0.1) is 0 Å². The number of piperazine rings is 1. The maximum atomic E-state index is 2.55. The Morgan fingerprint density at radius 3 is 2.21 bits per heavy atom. The molecule has 2 bridgehead atoms. The molecule has 0 saturated heterocycles. The van der Waals surface area contributed by atoms with Crippen molar-refractivity contribution < 1.29 is 4.58 Å². The van der Waals surface area contributed by atoms with Gasteiger partial charge in [0.15, 0.2) is 0 Å². The maximum absolute atomic E-state index is 2.55. The highest BCUT2D eigenvalue weighted by Crippen LogP contribution is 2.28. The van der Waals surface area contributed by atoms with Gasteiger partial charge in [0.2, 0.25) is 0 Å². The molecule has 0 spiro atoms. The fourth-order valence-corrected chi connectivity index (χ4v) is 3.44. The van der Waals surface area contributed by atoms with Gasteiger partial charge in [-0.3, -0.25) is 9.48 Å². The molecule has 0 aromatic rings. The van der Waals surface area contributed by atoms with Gasteiger partial charge in [0.05, 0.1) is 0 Å². The van der Waals surface area contributed by atoms with E-state index >= 15 is 0 Å². The van der Waals surface area contributed by atoms with Crippen LogP contribution >= 0.6 is 0 Å². The van der Waals surface area contributed by atoms with Crippen LogP contribution in [0.4, 0.5) is 0 Å². The molecular formula is C17H19N2+. The maximum Gasteiger partial charge on any atom is 0.276 e. The van der Waals surface area contributed by atoms with Crippen molar-refractivity contribution in [1.29, 1.82) is 0 Å². The largest absolute Gasteiger partial charge is 0.276 e. The minimum atomic E-state index is 0.457. The molecule has 0 saturated carbocycles. The number of fused-ring (bicyclic) bond motifs is 1. The number of amidine groups is 1. The summed E-state index contributed by atoms with van der Waals surface area (Å²) in [5.41, 5.74) is 1.49. The van der Waals surface area contributed by atoms with Gasteiger partial charge < -0.3 is 0 Å². The molecule has 2 nitrogen and oxygen atoms in total. The van der Waals surface area contributed by atoms with Gasteiger partial charge in [-0.2, -0.15) is 0 Å². The number of allylic oxidation sites excluding steroid dienone is 9. The number of hydrogen-bond donors (Lipinski definition) is 0. The number of nitrogens with zero attached hydrogens (tertiary/aromatic N) is 2. The lowest BCUT2D eigenvalue weighted by Gasteiger charge is -2.14. The monoisotopic (exact) mass is 251 g/mol. The fraction of sp³-hybridized carbons (Fsp3) is 0.353. The molecule has 4 aliphatic rings. The molecule has 0 N–H and O–H groups in total. The molecule has 0 fully saturated rings. The molecule has 96 valence electrons. The van der Waals surface area contributed by atoms with Crippen molar-refractivity contribution in [3.8, 4) is 0 Å². The van der Waals surface area contributed by atoms with Gasteiger partial charge in [-0.1, -0.05) is 54.7 Å². The first kappa shape index (κ1) is 11.0. The first-order valence-electron chi connectivity index (χ1n) is 7.21. The van der Waals surface area contributed by atoms with Crippen molar-refractivity contribution >= 4 is 5.84 Å². The van der Waals surface area contributed by atoms with Gasteiger partial charge in [-0.05, 0) is 0 Å². The Bertz CT molecular complexity index is 538. The van der Waals surface area contributed by atoms with Crippen LogP contribution in [-0.2, 0) is 0 Å². The van der Waals surface area contributed by atoms with E-state index in [4.69, 9.17) is 0 Å². The molecule has 0 atom stereocenters. The standard InChI is InChI=1S/C17H19N2/c1-2-6-14(5-1)13-16(15-7-3-4-8-15)17-18-9-10-19(17)12-11-18/h1-8,13-15H,9-12H2/q+1/b16-13+. The van der Waals surface area contributed by atoms with E-state index in [9.17, 15) is 0 Å². The summed E-state index contributed by atoms with van der Waals surface area (Å²) in [7, 11) is 0.